The largest absolute Gasteiger partial charge is 0.457 e. The number of carbonyl (C=O) groups excluding carboxylic acids is 1. The highest BCUT2D eigenvalue weighted by molar-refractivity contribution is 6.35. The van der Waals surface area contributed by atoms with Gasteiger partial charge in [-0.1, -0.05) is 41.9 Å². The van der Waals surface area contributed by atoms with Crippen LogP contribution in [-0.4, -0.2) is 15.9 Å². The molecule has 0 bridgehead atoms. The Kier molecular flexibility index (Phi) is 6.46. The summed E-state index contributed by atoms with van der Waals surface area (Å²) in [5.41, 5.74) is 3.22. The van der Waals surface area contributed by atoms with Crippen molar-refractivity contribution in [2.24, 2.45) is 0 Å². The zero-order valence-corrected chi connectivity index (χ0v) is 19.4. The molecule has 0 aliphatic heterocycles. The van der Waals surface area contributed by atoms with Gasteiger partial charge >= 0.3 is 0 Å². The molecule has 35 heavy (non-hydrogen) atoms. The summed E-state index contributed by atoms with van der Waals surface area (Å²) in [7, 11) is 0. The Hall–Kier alpha value is -4.16. The third-order valence-corrected chi connectivity index (χ3v) is 5.92. The molecule has 0 saturated carbocycles. The molecular formula is C28H21ClFN3O2. The van der Waals surface area contributed by atoms with E-state index in [0.717, 1.165) is 22.8 Å². The molecule has 0 spiro atoms. The van der Waals surface area contributed by atoms with Gasteiger partial charge in [0, 0.05) is 53.1 Å². The third kappa shape index (κ3) is 5.34. The van der Waals surface area contributed by atoms with E-state index in [0.29, 0.717) is 33.5 Å². The first-order valence-corrected chi connectivity index (χ1v) is 11.4. The van der Waals surface area contributed by atoms with Gasteiger partial charge in [0.1, 0.15) is 17.3 Å². The molecule has 2 N–H and O–H groups in total. The number of amides is 1. The molecule has 0 fully saturated rings. The van der Waals surface area contributed by atoms with E-state index in [9.17, 15) is 9.18 Å². The van der Waals surface area contributed by atoms with E-state index in [2.05, 4.69) is 15.3 Å². The number of aromatic nitrogens is 2. The highest BCUT2D eigenvalue weighted by atomic mass is 35.5. The van der Waals surface area contributed by atoms with Crippen molar-refractivity contribution in [3.05, 3.63) is 124 Å². The number of benzene rings is 3. The lowest BCUT2D eigenvalue weighted by atomic mass is 10.1. The molecule has 0 unspecified atom stereocenters. The van der Waals surface area contributed by atoms with Gasteiger partial charge in [0.05, 0.1) is 5.02 Å². The van der Waals surface area contributed by atoms with Gasteiger partial charge in [0.25, 0.3) is 5.91 Å². The van der Waals surface area contributed by atoms with E-state index in [1.54, 1.807) is 30.6 Å². The summed E-state index contributed by atoms with van der Waals surface area (Å²) < 4.78 is 20.2. The fourth-order valence-corrected chi connectivity index (χ4v) is 4.00. The Bertz CT molecular complexity index is 1480. The number of fused-ring (bicyclic) bond motifs is 1. The van der Waals surface area contributed by atoms with Gasteiger partial charge in [-0.05, 0) is 54.1 Å². The lowest BCUT2D eigenvalue weighted by molar-refractivity contribution is 0.0950. The van der Waals surface area contributed by atoms with Crippen LogP contribution >= 0.6 is 11.6 Å². The number of hydrogen-bond acceptors (Lipinski definition) is 3. The second-order valence-electron chi connectivity index (χ2n) is 8.08. The second-order valence-corrected chi connectivity index (χ2v) is 8.49. The van der Waals surface area contributed by atoms with Crippen LogP contribution in [0.2, 0.25) is 5.02 Å². The van der Waals surface area contributed by atoms with Crippen molar-refractivity contribution in [2.75, 3.05) is 0 Å². The van der Waals surface area contributed by atoms with E-state index in [1.807, 2.05) is 54.6 Å². The molecule has 174 valence electrons. The average Bonchev–Trinajstić information content (AvgIpc) is 3.23. The number of nitrogens with one attached hydrogen (secondary N) is 2. The Morgan fingerprint density at radius 2 is 1.77 bits per heavy atom. The van der Waals surface area contributed by atoms with Gasteiger partial charge in [-0.15, -0.1) is 0 Å². The summed E-state index contributed by atoms with van der Waals surface area (Å²) >= 11 is 6.13. The topological polar surface area (TPSA) is 67.0 Å². The SMILES string of the molecule is O=C(NCc1cc2c(Cl)c[nH]c2cc1F)c1ccnc(Cc2ccc(Oc3ccccc3)cc2)c1. The maximum atomic E-state index is 14.4. The molecule has 2 aromatic heterocycles. The van der Waals surface area contributed by atoms with Crippen molar-refractivity contribution >= 4 is 28.4 Å². The fourth-order valence-electron chi connectivity index (χ4n) is 3.79. The number of aromatic amines is 1. The zero-order valence-electron chi connectivity index (χ0n) is 18.6. The predicted molar refractivity (Wildman–Crippen MR) is 134 cm³/mol. The molecule has 1 amide bonds. The van der Waals surface area contributed by atoms with Crippen LogP contribution in [0.25, 0.3) is 10.9 Å². The Morgan fingerprint density at radius 3 is 2.57 bits per heavy atom. The monoisotopic (exact) mass is 485 g/mol. The molecule has 5 rings (SSSR count). The van der Waals surface area contributed by atoms with Crippen LogP contribution < -0.4 is 10.1 Å². The molecule has 2 heterocycles. The number of nitrogens with zero attached hydrogens (tertiary/aromatic N) is 1. The lowest BCUT2D eigenvalue weighted by Crippen LogP contribution is -2.23. The van der Waals surface area contributed by atoms with Crippen molar-refractivity contribution in [2.45, 2.75) is 13.0 Å². The van der Waals surface area contributed by atoms with Gasteiger partial charge in [-0.2, -0.15) is 0 Å². The number of hydrogen-bond donors (Lipinski definition) is 2. The lowest BCUT2D eigenvalue weighted by Gasteiger charge is -2.09. The summed E-state index contributed by atoms with van der Waals surface area (Å²) in [6.07, 6.45) is 3.77. The zero-order chi connectivity index (χ0) is 24.2. The maximum absolute atomic E-state index is 14.4. The van der Waals surface area contributed by atoms with Crippen LogP contribution in [-0.2, 0) is 13.0 Å². The second kappa shape index (κ2) is 9.99. The minimum atomic E-state index is -0.411. The minimum Gasteiger partial charge on any atom is -0.457 e. The summed E-state index contributed by atoms with van der Waals surface area (Å²) in [5.74, 6) is 0.801. The van der Waals surface area contributed by atoms with E-state index in [4.69, 9.17) is 16.3 Å². The molecule has 7 heteroatoms. The van der Waals surface area contributed by atoms with Crippen molar-refractivity contribution < 1.29 is 13.9 Å². The molecule has 5 aromatic rings. The van der Waals surface area contributed by atoms with Gasteiger partial charge in [-0.25, -0.2) is 4.39 Å². The highest BCUT2D eigenvalue weighted by Crippen LogP contribution is 2.26. The summed E-state index contributed by atoms with van der Waals surface area (Å²) in [5, 5.41) is 3.99. The molecule has 0 saturated heterocycles. The Labute approximate surface area is 206 Å². The predicted octanol–water partition coefficient (Wildman–Crippen LogP) is 6.67. The van der Waals surface area contributed by atoms with Crippen LogP contribution in [0.4, 0.5) is 4.39 Å². The van der Waals surface area contributed by atoms with Crippen molar-refractivity contribution in [3.63, 3.8) is 0 Å². The summed E-state index contributed by atoms with van der Waals surface area (Å²) in [6.45, 7) is 0.0443. The first-order valence-electron chi connectivity index (χ1n) is 11.0. The molecule has 0 aliphatic carbocycles. The minimum absolute atomic E-state index is 0.0443. The van der Waals surface area contributed by atoms with Gasteiger partial charge in [0.15, 0.2) is 0 Å². The molecule has 0 aliphatic rings. The summed E-state index contributed by atoms with van der Waals surface area (Å²) in [4.78, 5) is 20.0. The number of para-hydroxylation sites is 1. The molecule has 0 radical (unpaired) electrons. The number of halogens is 2. The Morgan fingerprint density at radius 1 is 1.00 bits per heavy atom. The first kappa shape index (κ1) is 22.6. The van der Waals surface area contributed by atoms with Gasteiger partial charge < -0.3 is 15.0 Å². The van der Waals surface area contributed by atoms with E-state index in [-0.39, 0.29) is 12.5 Å². The van der Waals surface area contributed by atoms with Crippen molar-refractivity contribution in [3.8, 4) is 11.5 Å². The van der Waals surface area contributed by atoms with Gasteiger partial charge in [0.2, 0.25) is 0 Å². The standard InChI is InChI=1S/C28H21ClFN3O2/c29-25-17-32-27-15-26(30)20(14-24(25)27)16-33-28(34)19-10-11-31-21(13-19)12-18-6-8-23(9-7-18)35-22-4-2-1-3-5-22/h1-11,13-15,17,32H,12,16H2,(H,33,34). The van der Waals surface area contributed by atoms with Crippen LogP contribution in [0.1, 0.15) is 27.2 Å². The number of H-pyrrole nitrogens is 1. The number of pyridine rings is 1. The van der Waals surface area contributed by atoms with E-state index >= 15 is 0 Å². The number of carbonyl (C=O) groups is 1. The molecular weight excluding hydrogens is 465 g/mol. The van der Waals surface area contributed by atoms with Gasteiger partial charge in [-0.3, -0.25) is 9.78 Å². The highest BCUT2D eigenvalue weighted by Gasteiger charge is 2.12. The van der Waals surface area contributed by atoms with Crippen LogP contribution in [0, 0.1) is 5.82 Å². The molecule has 0 atom stereocenters. The van der Waals surface area contributed by atoms with Crippen LogP contribution in [0.5, 0.6) is 11.5 Å². The normalized spacial score (nSPS) is 10.9. The Balaban J connectivity index is 1.23. The van der Waals surface area contributed by atoms with Crippen LogP contribution in [0.3, 0.4) is 0 Å². The maximum Gasteiger partial charge on any atom is 0.251 e. The van der Waals surface area contributed by atoms with E-state index in [1.165, 1.54) is 6.07 Å². The molecule has 5 nitrogen and oxygen atoms in total. The van der Waals surface area contributed by atoms with Crippen molar-refractivity contribution in [1.82, 2.24) is 15.3 Å². The smallest absolute Gasteiger partial charge is 0.251 e. The third-order valence-electron chi connectivity index (χ3n) is 5.60. The fraction of sp³-hybridized carbons (Fsp3) is 0.0714. The van der Waals surface area contributed by atoms with Crippen molar-refractivity contribution in [1.29, 1.82) is 0 Å². The number of rotatable bonds is 7. The van der Waals surface area contributed by atoms with E-state index < -0.39 is 5.82 Å². The summed E-state index contributed by atoms with van der Waals surface area (Å²) in [6, 6.07) is 23.7. The molecule has 3 aromatic carbocycles. The van der Waals surface area contributed by atoms with Crippen LogP contribution in [0.15, 0.2) is 91.3 Å². The first-order chi connectivity index (χ1) is 17.0. The average molecular weight is 486 g/mol. The quantitative estimate of drug-likeness (QED) is 0.270. The number of ether oxygens (including phenoxy) is 1.